The largest absolute Gasteiger partial charge is 0.356 e. The second kappa shape index (κ2) is 18.3. The number of rotatable bonds is 15. The van der Waals surface area contributed by atoms with Crippen molar-refractivity contribution in [3.8, 4) is 11.8 Å². The minimum absolute atomic E-state index is 0.0453. The van der Waals surface area contributed by atoms with E-state index < -0.39 is 0 Å². The molecule has 4 aromatic carbocycles. The molecule has 0 radical (unpaired) electrons. The van der Waals surface area contributed by atoms with Gasteiger partial charge in [0.05, 0.1) is 17.6 Å². The number of unbranched alkanes of at least 4 members (excludes halogenated alkanes) is 4. The first-order valence-corrected chi connectivity index (χ1v) is 21.5. The summed E-state index contributed by atoms with van der Waals surface area (Å²) in [5.41, 5.74) is 11.5. The van der Waals surface area contributed by atoms with Crippen LogP contribution in [-0.4, -0.2) is 42.2 Å². The lowest BCUT2D eigenvalue weighted by molar-refractivity contribution is -0.401. The van der Waals surface area contributed by atoms with Gasteiger partial charge in [0, 0.05) is 71.6 Å². The van der Waals surface area contributed by atoms with Crippen molar-refractivity contribution in [2.75, 3.05) is 29.9 Å². The summed E-state index contributed by atoms with van der Waals surface area (Å²) in [6.45, 7) is 11.3. The van der Waals surface area contributed by atoms with Gasteiger partial charge in [0.1, 0.15) is 7.05 Å². The Morgan fingerprint density at radius 1 is 0.695 bits per heavy atom. The minimum atomic E-state index is -0.110. The summed E-state index contributed by atoms with van der Waals surface area (Å²) in [5, 5.41) is 3.11. The molecule has 7 rings (SSSR count). The molecule has 2 amide bonds. The van der Waals surface area contributed by atoms with Gasteiger partial charge >= 0.3 is 0 Å². The van der Waals surface area contributed by atoms with Gasteiger partial charge in [0.2, 0.25) is 17.5 Å². The van der Waals surface area contributed by atoms with Crippen molar-refractivity contribution >= 4 is 34.6 Å². The molecule has 3 aliphatic heterocycles. The topological polar surface area (TPSA) is 55.7 Å². The number of carbonyl (C=O) groups is 2. The molecule has 0 saturated heterocycles. The molecule has 0 unspecified atom stereocenters. The Balaban J connectivity index is 0.842. The highest BCUT2D eigenvalue weighted by atomic mass is 16.2. The minimum Gasteiger partial charge on any atom is -0.356 e. The Morgan fingerprint density at radius 2 is 1.36 bits per heavy atom. The summed E-state index contributed by atoms with van der Waals surface area (Å²) < 4.78 is 2.31. The van der Waals surface area contributed by atoms with Crippen LogP contribution in [0.5, 0.6) is 0 Å². The zero-order valence-corrected chi connectivity index (χ0v) is 35.6. The lowest BCUT2D eigenvalue weighted by atomic mass is 9.81. The summed E-state index contributed by atoms with van der Waals surface area (Å²) in [5.74, 6) is 6.77. The fourth-order valence-electron chi connectivity index (χ4n) is 9.01. The van der Waals surface area contributed by atoms with Crippen LogP contribution < -0.4 is 15.1 Å². The van der Waals surface area contributed by atoms with E-state index >= 15 is 0 Å². The van der Waals surface area contributed by atoms with Crippen LogP contribution in [0.4, 0.5) is 17.1 Å². The number of carbonyl (C=O) groups excluding carboxylic acids is 2. The first-order valence-electron chi connectivity index (χ1n) is 21.5. The maximum atomic E-state index is 13.5. The lowest BCUT2D eigenvalue weighted by Crippen LogP contribution is -2.31. The number of nitrogens with one attached hydrogen (secondary N) is 1. The SMILES string of the molecule is C[N+]1=C(C=CC=CC=C2N(CCCCCC(=O)NCCCCCC(=O)N3Cc4ccccc4C#Cc4ccccc43)c3ccccc3C2(C)C)C(C)(C)c2ccccc21. The quantitative estimate of drug-likeness (QED) is 0.0565. The fraction of sp³-hybridized carbons (Fsp3) is 0.340. The number of para-hydroxylation sites is 3. The number of allylic oxidation sites excluding steroid dienone is 6. The van der Waals surface area contributed by atoms with Crippen LogP contribution in [0.25, 0.3) is 0 Å². The first kappa shape index (κ1) is 41.2. The number of nitrogens with zero attached hydrogens (tertiary/aromatic N) is 3. The molecule has 6 nitrogen and oxygen atoms in total. The van der Waals surface area contributed by atoms with E-state index in [9.17, 15) is 9.59 Å². The second-order valence-electron chi connectivity index (χ2n) is 17.1. The van der Waals surface area contributed by atoms with E-state index in [4.69, 9.17) is 0 Å². The Hall–Kier alpha value is -5.93. The number of benzene rings is 4. The van der Waals surface area contributed by atoms with Crippen molar-refractivity contribution in [2.45, 2.75) is 96.4 Å². The summed E-state index contributed by atoms with van der Waals surface area (Å²) in [6.07, 6.45) is 17.4. The van der Waals surface area contributed by atoms with Crippen LogP contribution in [0.1, 0.15) is 107 Å². The van der Waals surface area contributed by atoms with E-state index in [1.54, 1.807) is 0 Å². The van der Waals surface area contributed by atoms with E-state index in [1.807, 2.05) is 47.4 Å². The average molecular weight is 784 g/mol. The van der Waals surface area contributed by atoms with Crippen molar-refractivity contribution in [1.82, 2.24) is 5.32 Å². The summed E-state index contributed by atoms with van der Waals surface area (Å²) in [6, 6.07) is 33.4. The molecule has 1 N–H and O–H groups in total. The molecule has 0 saturated carbocycles. The third kappa shape index (κ3) is 9.05. The van der Waals surface area contributed by atoms with Gasteiger partial charge in [-0.25, -0.2) is 0 Å². The van der Waals surface area contributed by atoms with Gasteiger partial charge in [-0.15, -0.1) is 0 Å². The number of fused-ring (bicyclic) bond motifs is 4. The van der Waals surface area contributed by atoms with Crippen molar-refractivity contribution in [2.24, 2.45) is 0 Å². The van der Waals surface area contributed by atoms with Crippen molar-refractivity contribution in [3.63, 3.8) is 0 Å². The predicted molar refractivity (Wildman–Crippen MR) is 243 cm³/mol. The maximum absolute atomic E-state index is 13.5. The molecule has 59 heavy (non-hydrogen) atoms. The van der Waals surface area contributed by atoms with E-state index in [0.717, 1.165) is 67.4 Å². The van der Waals surface area contributed by atoms with Crippen LogP contribution in [0.3, 0.4) is 0 Å². The number of amides is 2. The van der Waals surface area contributed by atoms with Gasteiger partial charge in [0.25, 0.3) is 0 Å². The Bertz CT molecular complexity index is 2380. The van der Waals surface area contributed by atoms with Gasteiger partial charge in [-0.3, -0.25) is 9.59 Å². The van der Waals surface area contributed by atoms with E-state index in [2.05, 4.69) is 146 Å². The molecule has 0 aromatic heterocycles. The molecule has 0 aliphatic carbocycles. The third-order valence-corrected chi connectivity index (χ3v) is 12.3. The highest BCUT2D eigenvalue weighted by Crippen LogP contribution is 2.47. The Morgan fingerprint density at radius 3 is 2.17 bits per heavy atom. The number of hydrogen-bond acceptors (Lipinski definition) is 3. The average Bonchev–Trinajstić information content (AvgIpc) is 3.57. The number of anilines is 2. The van der Waals surface area contributed by atoms with Crippen LogP contribution in [-0.2, 0) is 27.0 Å². The summed E-state index contributed by atoms with van der Waals surface area (Å²) in [7, 11) is 2.16. The standard InChI is InChI=1S/C53H58N4O2/c1-52(2)43-26-16-19-29-46(43)55(5)48(52)31-9-6-10-32-49-53(3,4)44-27-17-20-30-47(44)56(49)38-22-8-11-33-50(58)54-37-21-7-12-34-51(59)57-39-42-25-14-13-23-40(42)35-36-41-24-15-18-28-45(41)57/h6,9-10,13-20,23-32H,7-8,11-12,21-22,33-34,37-39H2,1-5H3/p+1. The third-order valence-electron chi connectivity index (χ3n) is 12.3. The van der Waals surface area contributed by atoms with Crippen molar-refractivity contribution in [1.29, 1.82) is 0 Å². The summed E-state index contributed by atoms with van der Waals surface area (Å²) in [4.78, 5) is 30.6. The van der Waals surface area contributed by atoms with Gasteiger partial charge in [-0.05, 0) is 81.0 Å². The van der Waals surface area contributed by atoms with Crippen molar-refractivity contribution < 1.29 is 14.2 Å². The molecule has 302 valence electrons. The van der Waals surface area contributed by atoms with Crippen LogP contribution in [0.2, 0.25) is 0 Å². The van der Waals surface area contributed by atoms with Crippen LogP contribution in [0, 0.1) is 11.8 Å². The molecule has 0 spiro atoms. The molecule has 6 heteroatoms. The number of hydrogen-bond donors (Lipinski definition) is 1. The zero-order chi connectivity index (χ0) is 41.4. The van der Waals surface area contributed by atoms with Gasteiger partial charge in [0.15, 0.2) is 5.71 Å². The maximum Gasteiger partial charge on any atom is 0.227 e. The Labute approximate surface area is 352 Å². The lowest BCUT2D eigenvalue weighted by Gasteiger charge is -2.27. The predicted octanol–water partition coefficient (Wildman–Crippen LogP) is 10.7. The monoisotopic (exact) mass is 783 g/mol. The highest BCUT2D eigenvalue weighted by Gasteiger charge is 2.42. The highest BCUT2D eigenvalue weighted by molar-refractivity contribution is 6.03. The van der Waals surface area contributed by atoms with E-state index in [1.165, 1.54) is 33.9 Å². The van der Waals surface area contributed by atoms with Gasteiger partial charge < -0.3 is 15.1 Å². The molecule has 3 heterocycles. The molecular weight excluding hydrogens is 725 g/mol. The molecular formula is C53H59N4O2+. The smallest absolute Gasteiger partial charge is 0.227 e. The Kier molecular flexibility index (Phi) is 12.8. The molecule has 0 bridgehead atoms. The van der Waals surface area contributed by atoms with Gasteiger partial charge in [-0.1, -0.05) is 123 Å². The van der Waals surface area contributed by atoms with Crippen LogP contribution in [0.15, 0.2) is 133 Å². The molecule has 4 aromatic rings. The molecule has 3 aliphatic rings. The van der Waals surface area contributed by atoms with E-state index in [0.29, 0.717) is 25.9 Å². The second-order valence-corrected chi connectivity index (χ2v) is 17.1. The van der Waals surface area contributed by atoms with Crippen molar-refractivity contribution in [3.05, 3.63) is 161 Å². The summed E-state index contributed by atoms with van der Waals surface area (Å²) >= 11 is 0. The first-order chi connectivity index (χ1) is 28.6. The van der Waals surface area contributed by atoms with Gasteiger partial charge in [-0.2, -0.15) is 4.58 Å². The van der Waals surface area contributed by atoms with Crippen LogP contribution >= 0.6 is 0 Å². The molecule has 0 atom stereocenters. The fourth-order valence-corrected chi connectivity index (χ4v) is 9.01. The van der Waals surface area contributed by atoms with E-state index in [-0.39, 0.29) is 22.6 Å². The zero-order valence-electron chi connectivity index (χ0n) is 35.6. The molecule has 0 fully saturated rings. The normalized spacial score (nSPS) is 16.7.